The van der Waals surface area contributed by atoms with Gasteiger partial charge >= 0.3 is 5.97 Å². The topological polar surface area (TPSA) is 92.4 Å². The summed E-state index contributed by atoms with van der Waals surface area (Å²) in [6, 6.07) is 3.47. The van der Waals surface area contributed by atoms with Crippen LogP contribution in [-0.4, -0.2) is 23.0 Å². The Balaban J connectivity index is 2.86. The Bertz CT molecular complexity index is 463. The summed E-state index contributed by atoms with van der Waals surface area (Å²) >= 11 is 5.88. The minimum atomic E-state index is -1.08. The van der Waals surface area contributed by atoms with Crippen LogP contribution in [0.4, 0.5) is 5.69 Å². The number of hydrogen-bond acceptors (Lipinski definition) is 3. The van der Waals surface area contributed by atoms with E-state index in [4.69, 9.17) is 22.4 Å². The molecule has 18 heavy (non-hydrogen) atoms. The van der Waals surface area contributed by atoms with Crippen molar-refractivity contribution in [2.45, 2.75) is 25.8 Å². The van der Waals surface area contributed by atoms with Crippen LogP contribution in [0, 0.1) is 0 Å². The lowest BCUT2D eigenvalue weighted by Gasteiger charge is -2.12. The highest BCUT2D eigenvalue weighted by Gasteiger charge is 2.15. The number of halogens is 1. The van der Waals surface area contributed by atoms with E-state index < -0.39 is 12.0 Å². The molecule has 6 heteroatoms. The Morgan fingerprint density at radius 2 is 2.17 bits per heavy atom. The summed E-state index contributed by atoms with van der Waals surface area (Å²) in [5.41, 5.74) is 5.96. The number of anilines is 1. The molecule has 0 aliphatic carbocycles. The molecule has 1 amide bonds. The van der Waals surface area contributed by atoms with Crippen molar-refractivity contribution in [1.82, 2.24) is 0 Å². The summed E-state index contributed by atoms with van der Waals surface area (Å²) in [5, 5.41) is 11.7. The lowest BCUT2D eigenvalue weighted by atomic mass is 10.1. The molecule has 0 saturated heterocycles. The van der Waals surface area contributed by atoms with Gasteiger partial charge in [-0.25, -0.2) is 4.79 Å². The molecule has 0 fully saturated rings. The predicted octanol–water partition coefficient (Wildman–Crippen LogP) is 2.10. The monoisotopic (exact) mass is 270 g/mol. The van der Waals surface area contributed by atoms with Crippen LogP contribution < -0.4 is 11.1 Å². The maximum Gasteiger partial charge on any atom is 0.335 e. The zero-order valence-electron chi connectivity index (χ0n) is 9.94. The molecular formula is C12H15ClN2O3. The first-order valence-corrected chi connectivity index (χ1v) is 5.92. The average molecular weight is 271 g/mol. The van der Waals surface area contributed by atoms with Crippen LogP contribution in [0.2, 0.25) is 5.02 Å². The number of carboxylic acids is 1. The number of carbonyl (C=O) groups excluding carboxylic acids is 1. The molecular weight excluding hydrogens is 256 g/mol. The highest BCUT2D eigenvalue weighted by atomic mass is 35.5. The van der Waals surface area contributed by atoms with Crippen molar-refractivity contribution in [1.29, 1.82) is 0 Å². The fourth-order valence-electron chi connectivity index (χ4n) is 1.42. The molecule has 0 aromatic heterocycles. The zero-order valence-corrected chi connectivity index (χ0v) is 10.7. The second-order valence-electron chi connectivity index (χ2n) is 3.88. The van der Waals surface area contributed by atoms with Gasteiger partial charge in [-0.15, -0.1) is 0 Å². The number of amides is 1. The maximum atomic E-state index is 11.7. The lowest BCUT2D eigenvalue weighted by Crippen LogP contribution is -2.35. The Hall–Kier alpha value is -1.59. The molecule has 0 aliphatic rings. The summed E-state index contributed by atoms with van der Waals surface area (Å²) in [7, 11) is 0. The van der Waals surface area contributed by atoms with Crippen molar-refractivity contribution in [2.24, 2.45) is 5.73 Å². The minimum Gasteiger partial charge on any atom is -0.478 e. The molecule has 1 rings (SSSR count). The highest BCUT2D eigenvalue weighted by Crippen LogP contribution is 2.23. The van der Waals surface area contributed by atoms with Crippen molar-refractivity contribution in [2.75, 3.05) is 5.32 Å². The van der Waals surface area contributed by atoms with Gasteiger partial charge in [-0.3, -0.25) is 4.79 Å². The van der Waals surface area contributed by atoms with Crippen LogP contribution in [0.5, 0.6) is 0 Å². The fourth-order valence-corrected chi connectivity index (χ4v) is 1.59. The molecule has 0 aliphatic heterocycles. The van der Waals surface area contributed by atoms with E-state index in [1.807, 2.05) is 6.92 Å². The molecule has 98 valence electrons. The second-order valence-corrected chi connectivity index (χ2v) is 4.29. The fraction of sp³-hybridized carbons (Fsp3) is 0.333. The van der Waals surface area contributed by atoms with Gasteiger partial charge < -0.3 is 16.2 Å². The minimum absolute atomic E-state index is 0.0544. The summed E-state index contributed by atoms with van der Waals surface area (Å²) in [6.45, 7) is 1.92. The number of rotatable bonds is 5. The van der Waals surface area contributed by atoms with Crippen LogP contribution in [0.15, 0.2) is 18.2 Å². The van der Waals surface area contributed by atoms with Crippen molar-refractivity contribution in [3.8, 4) is 0 Å². The van der Waals surface area contributed by atoms with Gasteiger partial charge in [0.05, 0.1) is 22.3 Å². The van der Waals surface area contributed by atoms with Gasteiger partial charge in [0, 0.05) is 0 Å². The van der Waals surface area contributed by atoms with E-state index in [0.29, 0.717) is 6.42 Å². The number of nitrogens with two attached hydrogens (primary N) is 1. The number of hydrogen-bond donors (Lipinski definition) is 3. The van der Waals surface area contributed by atoms with Crippen LogP contribution in [0.3, 0.4) is 0 Å². The van der Waals surface area contributed by atoms with Crippen molar-refractivity contribution >= 4 is 29.2 Å². The van der Waals surface area contributed by atoms with Gasteiger partial charge in [0.25, 0.3) is 0 Å². The first-order valence-electron chi connectivity index (χ1n) is 5.55. The Labute approximate surface area is 110 Å². The van der Waals surface area contributed by atoms with Crippen LogP contribution in [0.25, 0.3) is 0 Å². The standard InChI is InChI=1S/C12H15ClN2O3/c1-2-3-9(14)11(16)15-10-6-7(12(17)18)4-5-8(10)13/h4-6,9H,2-3,14H2,1H3,(H,15,16)(H,17,18)/t9-/m0/s1. The Morgan fingerprint density at radius 3 is 2.72 bits per heavy atom. The molecule has 0 radical (unpaired) electrons. The van der Waals surface area contributed by atoms with Gasteiger partial charge in [-0.2, -0.15) is 0 Å². The molecule has 0 spiro atoms. The normalized spacial score (nSPS) is 11.9. The van der Waals surface area contributed by atoms with Crippen LogP contribution >= 0.6 is 11.6 Å². The van der Waals surface area contributed by atoms with Gasteiger partial charge in [-0.05, 0) is 24.6 Å². The molecule has 1 aromatic rings. The Kier molecular flexibility index (Phi) is 5.12. The summed E-state index contributed by atoms with van der Waals surface area (Å²) < 4.78 is 0. The zero-order chi connectivity index (χ0) is 13.7. The quantitative estimate of drug-likeness (QED) is 0.764. The van der Waals surface area contributed by atoms with Crippen molar-refractivity contribution in [3.63, 3.8) is 0 Å². The number of benzene rings is 1. The van der Waals surface area contributed by atoms with E-state index in [9.17, 15) is 9.59 Å². The number of aromatic carboxylic acids is 1. The van der Waals surface area contributed by atoms with Crippen LogP contribution in [0.1, 0.15) is 30.1 Å². The van der Waals surface area contributed by atoms with Crippen molar-refractivity contribution in [3.05, 3.63) is 28.8 Å². The van der Waals surface area contributed by atoms with Gasteiger partial charge in [0.1, 0.15) is 0 Å². The molecule has 4 N–H and O–H groups in total. The van der Waals surface area contributed by atoms with E-state index in [2.05, 4.69) is 5.32 Å². The van der Waals surface area contributed by atoms with Crippen molar-refractivity contribution < 1.29 is 14.7 Å². The van der Waals surface area contributed by atoms with E-state index in [-0.39, 0.29) is 22.2 Å². The molecule has 0 bridgehead atoms. The smallest absolute Gasteiger partial charge is 0.335 e. The van der Waals surface area contributed by atoms with Gasteiger partial charge in [0.2, 0.25) is 5.91 Å². The Morgan fingerprint density at radius 1 is 1.50 bits per heavy atom. The number of carboxylic acid groups (broad SMARTS) is 1. The molecule has 1 aromatic carbocycles. The molecule has 0 heterocycles. The summed E-state index contributed by atoms with van der Waals surface area (Å²) in [6.07, 6.45) is 1.35. The first kappa shape index (κ1) is 14.5. The largest absolute Gasteiger partial charge is 0.478 e. The van der Waals surface area contributed by atoms with Gasteiger partial charge in [-0.1, -0.05) is 24.9 Å². The average Bonchev–Trinajstić information content (AvgIpc) is 2.31. The summed E-state index contributed by atoms with van der Waals surface area (Å²) in [4.78, 5) is 22.5. The predicted molar refractivity (Wildman–Crippen MR) is 69.9 cm³/mol. The lowest BCUT2D eigenvalue weighted by molar-refractivity contribution is -0.117. The van der Waals surface area contributed by atoms with E-state index in [0.717, 1.165) is 6.42 Å². The van der Waals surface area contributed by atoms with Crippen LogP contribution in [-0.2, 0) is 4.79 Å². The summed E-state index contributed by atoms with van der Waals surface area (Å²) in [5.74, 6) is -1.46. The molecule has 1 atom stereocenters. The van der Waals surface area contributed by atoms with E-state index in [1.165, 1.54) is 18.2 Å². The van der Waals surface area contributed by atoms with E-state index >= 15 is 0 Å². The van der Waals surface area contributed by atoms with Gasteiger partial charge in [0.15, 0.2) is 0 Å². The second kappa shape index (κ2) is 6.37. The third-order valence-electron chi connectivity index (χ3n) is 2.41. The third kappa shape index (κ3) is 3.72. The third-order valence-corrected chi connectivity index (χ3v) is 2.74. The number of carbonyl (C=O) groups is 2. The number of nitrogens with one attached hydrogen (secondary N) is 1. The SMILES string of the molecule is CCC[C@H](N)C(=O)Nc1cc(C(=O)O)ccc1Cl. The molecule has 5 nitrogen and oxygen atoms in total. The molecule has 0 saturated carbocycles. The maximum absolute atomic E-state index is 11.7. The molecule has 0 unspecified atom stereocenters. The highest BCUT2D eigenvalue weighted by molar-refractivity contribution is 6.33. The first-order chi connectivity index (χ1) is 8.45. The van der Waals surface area contributed by atoms with E-state index in [1.54, 1.807) is 0 Å².